The summed E-state index contributed by atoms with van der Waals surface area (Å²) in [6, 6.07) is 5.57. The number of aromatic nitrogens is 4. The quantitative estimate of drug-likeness (QED) is 0.587. The van der Waals surface area contributed by atoms with E-state index in [0.717, 1.165) is 12.0 Å². The molecular formula is C20H25N5O4. The normalized spacial score (nSPS) is 10.9. The van der Waals surface area contributed by atoms with E-state index in [0.29, 0.717) is 35.7 Å². The van der Waals surface area contributed by atoms with E-state index in [1.54, 1.807) is 18.8 Å². The van der Waals surface area contributed by atoms with E-state index in [4.69, 9.17) is 9.47 Å². The first kappa shape index (κ1) is 20.4. The summed E-state index contributed by atoms with van der Waals surface area (Å²) in [5.74, 6) is 1.16. The Bertz CT molecular complexity index is 1060. The highest BCUT2D eigenvalue weighted by Gasteiger charge is 2.10. The minimum Gasteiger partial charge on any atom is -0.493 e. The van der Waals surface area contributed by atoms with Gasteiger partial charge in [-0.25, -0.2) is 4.98 Å². The van der Waals surface area contributed by atoms with Gasteiger partial charge in [0.25, 0.3) is 5.56 Å². The highest BCUT2D eigenvalue weighted by atomic mass is 16.5. The predicted octanol–water partition coefficient (Wildman–Crippen LogP) is 1.63. The second kappa shape index (κ2) is 9.22. The van der Waals surface area contributed by atoms with Crippen LogP contribution in [0.2, 0.25) is 0 Å². The monoisotopic (exact) mass is 399 g/mol. The number of benzene rings is 1. The van der Waals surface area contributed by atoms with Gasteiger partial charge in [0.1, 0.15) is 5.39 Å². The third kappa shape index (κ3) is 4.74. The van der Waals surface area contributed by atoms with Crippen LogP contribution in [-0.4, -0.2) is 39.0 Å². The maximum atomic E-state index is 12.4. The molecule has 29 heavy (non-hydrogen) atoms. The van der Waals surface area contributed by atoms with E-state index in [1.807, 2.05) is 25.1 Å². The molecule has 3 aromatic rings. The number of hydrogen-bond acceptors (Lipinski definition) is 6. The zero-order chi connectivity index (χ0) is 20.8. The molecule has 0 saturated carbocycles. The lowest BCUT2D eigenvalue weighted by Gasteiger charge is -2.12. The Hall–Kier alpha value is -3.36. The van der Waals surface area contributed by atoms with Gasteiger partial charge in [-0.15, -0.1) is 0 Å². The number of nitrogens with zero attached hydrogens (tertiary/aromatic N) is 4. The van der Waals surface area contributed by atoms with E-state index in [2.05, 4.69) is 15.4 Å². The molecule has 154 valence electrons. The third-order valence-corrected chi connectivity index (χ3v) is 4.48. The fourth-order valence-electron chi connectivity index (χ4n) is 2.89. The van der Waals surface area contributed by atoms with Crippen LogP contribution in [-0.2, 0) is 24.9 Å². The van der Waals surface area contributed by atoms with Crippen LogP contribution in [0, 0.1) is 0 Å². The van der Waals surface area contributed by atoms with E-state index in [1.165, 1.54) is 17.1 Å². The fourth-order valence-corrected chi connectivity index (χ4v) is 2.89. The number of amides is 1. The maximum absolute atomic E-state index is 12.4. The Kier molecular flexibility index (Phi) is 6.48. The van der Waals surface area contributed by atoms with Crippen molar-refractivity contribution in [2.75, 3.05) is 13.7 Å². The summed E-state index contributed by atoms with van der Waals surface area (Å²) in [4.78, 5) is 28.9. The number of carbonyl (C=O) groups excluding carboxylic acids is 1. The zero-order valence-electron chi connectivity index (χ0n) is 16.8. The molecule has 1 N–H and O–H groups in total. The first-order chi connectivity index (χ1) is 14.0. The number of ether oxygens (including phenoxy) is 2. The van der Waals surface area contributed by atoms with E-state index < -0.39 is 0 Å². The molecule has 0 saturated heterocycles. The van der Waals surface area contributed by atoms with Crippen LogP contribution in [0.4, 0.5) is 0 Å². The average molecular weight is 399 g/mol. The summed E-state index contributed by atoms with van der Waals surface area (Å²) < 4.78 is 14.0. The first-order valence-electron chi connectivity index (χ1n) is 9.47. The van der Waals surface area contributed by atoms with Crippen molar-refractivity contribution in [1.82, 2.24) is 24.6 Å². The van der Waals surface area contributed by atoms with Crippen LogP contribution >= 0.6 is 0 Å². The van der Waals surface area contributed by atoms with Crippen molar-refractivity contribution in [3.63, 3.8) is 0 Å². The molecule has 1 aromatic carbocycles. The van der Waals surface area contributed by atoms with E-state index in [9.17, 15) is 9.59 Å². The predicted molar refractivity (Wildman–Crippen MR) is 108 cm³/mol. The lowest BCUT2D eigenvalue weighted by atomic mass is 10.2. The van der Waals surface area contributed by atoms with Gasteiger partial charge in [-0.05, 0) is 24.1 Å². The second-order valence-corrected chi connectivity index (χ2v) is 6.61. The Morgan fingerprint density at radius 2 is 2.10 bits per heavy atom. The Morgan fingerprint density at radius 1 is 1.28 bits per heavy atom. The second-order valence-electron chi connectivity index (χ2n) is 6.61. The summed E-state index contributed by atoms with van der Waals surface area (Å²) in [6.07, 6.45) is 4.01. The molecule has 0 aliphatic heterocycles. The van der Waals surface area contributed by atoms with Crippen LogP contribution in [0.15, 0.2) is 35.5 Å². The minimum atomic E-state index is -0.205. The zero-order valence-corrected chi connectivity index (χ0v) is 16.8. The van der Waals surface area contributed by atoms with Crippen molar-refractivity contribution in [1.29, 1.82) is 0 Å². The summed E-state index contributed by atoms with van der Waals surface area (Å²) in [6.45, 7) is 3.26. The van der Waals surface area contributed by atoms with Crippen LogP contribution in [0.3, 0.4) is 0 Å². The molecule has 9 nitrogen and oxygen atoms in total. The van der Waals surface area contributed by atoms with Gasteiger partial charge in [0.2, 0.25) is 5.91 Å². The molecule has 9 heteroatoms. The molecule has 0 aliphatic carbocycles. The number of nitrogens with one attached hydrogen (secondary N) is 1. The number of carbonyl (C=O) groups is 1. The highest BCUT2D eigenvalue weighted by Crippen LogP contribution is 2.28. The molecular weight excluding hydrogens is 374 g/mol. The smallest absolute Gasteiger partial charge is 0.264 e. The van der Waals surface area contributed by atoms with Crippen molar-refractivity contribution in [3.05, 3.63) is 46.6 Å². The number of methoxy groups -OCH3 is 1. The molecule has 1 amide bonds. The van der Waals surface area contributed by atoms with Gasteiger partial charge in [0.05, 0.1) is 26.2 Å². The molecule has 0 fully saturated rings. The molecule has 0 bridgehead atoms. The Morgan fingerprint density at radius 3 is 2.86 bits per heavy atom. The molecule has 2 aromatic heterocycles. The van der Waals surface area contributed by atoms with Crippen molar-refractivity contribution >= 4 is 16.9 Å². The van der Waals surface area contributed by atoms with Gasteiger partial charge in [-0.2, -0.15) is 5.10 Å². The summed E-state index contributed by atoms with van der Waals surface area (Å²) >= 11 is 0. The van der Waals surface area contributed by atoms with Gasteiger partial charge in [-0.3, -0.25) is 18.8 Å². The topological polar surface area (TPSA) is 100 Å². The molecule has 0 atom stereocenters. The van der Waals surface area contributed by atoms with E-state index in [-0.39, 0.29) is 24.4 Å². The highest BCUT2D eigenvalue weighted by molar-refractivity contribution is 5.76. The van der Waals surface area contributed by atoms with Crippen LogP contribution in [0.5, 0.6) is 11.5 Å². The summed E-state index contributed by atoms with van der Waals surface area (Å²) in [5.41, 5.74) is 1.22. The standard InChI is InChI=1S/C20H25N5O4/c1-4-9-29-16-6-5-14(10-17(16)28-3)11-21-18(26)7-8-25-13-22-19-15(20(25)27)12-23-24(19)2/h5-6,10,12-13H,4,7-9,11H2,1-3H3,(H,21,26). The third-order valence-electron chi connectivity index (χ3n) is 4.48. The van der Waals surface area contributed by atoms with Crippen LogP contribution in [0.1, 0.15) is 25.3 Å². The minimum absolute atomic E-state index is 0.159. The van der Waals surface area contributed by atoms with Crippen molar-refractivity contribution in [3.8, 4) is 11.5 Å². The number of fused-ring (bicyclic) bond motifs is 1. The lowest BCUT2D eigenvalue weighted by Crippen LogP contribution is -2.27. The number of rotatable bonds is 9. The van der Waals surface area contributed by atoms with Crippen molar-refractivity contribution < 1.29 is 14.3 Å². The van der Waals surface area contributed by atoms with Gasteiger partial charge >= 0.3 is 0 Å². The van der Waals surface area contributed by atoms with Gasteiger partial charge in [0.15, 0.2) is 17.1 Å². The van der Waals surface area contributed by atoms with Gasteiger partial charge < -0.3 is 14.8 Å². The molecule has 3 rings (SSSR count). The van der Waals surface area contributed by atoms with Crippen molar-refractivity contribution in [2.45, 2.75) is 32.9 Å². The molecule has 0 aliphatic rings. The maximum Gasteiger partial charge on any atom is 0.264 e. The van der Waals surface area contributed by atoms with Crippen molar-refractivity contribution in [2.24, 2.45) is 7.05 Å². The SMILES string of the molecule is CCCOc1ccc(CNC(=O)CCn2cnc3c(cnn3C)c2=O)cc1OC. The number of aryl methyl sites for hydroxylation is 2. The fraction of sp³-hybridized carbons (Fsp3) is 0.400. The first-order valence-corrected chi connectivity index (χ1v) is 9.47. The Labute approximate surface area is 168 Å². The summed E-state index contributed by atoms with van der Waals surface area (Å²) in [5, 5.41) is 7.33. The molecule has 0 radical (unpaired) electrons. The average Bonchev–Trinajstić information content (AvgIpc) is 3.12. The van der Waals surface area contributed by atoms with Crippen LogP contribution in [0.25, 0.3) is 11.0 Å². The van der Waals surface area contributed by atoms with Gasteiger partial charge in [0, 0.05) is 26.6 Å². The van der Waals surface area contributed by atoms with Gasteiger partial charge in [-0.1, -0.05) is 13.0 Å². The summed E-state index contributed by atoms with van der Waals surface area (Å²) in [7, 11) is 3.31. The van der Waals surface area contributed by atoms with Crippen LogP contribution < -0.4 is 20.3 Å². The number of hydrogen-bond donors (Lipinski definition) is 1. The molecule has 0 unspecified atom stereocenters. The largest absolute Gasteiger partial charge is 0.493 e. The van der Waals surface area contributed by atoms with E-state index >= 15 is 0 Å². The lowest BCUT2D eigenvalue weighted by molar-refractivity contribution is -0.121. The molecule has 2 heterocycles. The molecule has 0 spiro atoms. The Balaban J connectivity index is 1.56.